The van der Waals surface area contributed by atoms with Crippen LogP contribution in [0.4, 0.5) is 0 Å². The topological polar surface area (TPSA) is 32.3 Å². The summed E-state index contributed by atoms with van der Waals surface area (Å²) in [5.74, 6) is 0.360. The van der Waals surface area contributed by atoms with Crippen LogP contribution in [0.5, 0.6) is 0 Å². The number of piperazine rings is 1. The van der Waals surface area contributed by atoms with Crippen LogP contribution in [0.3, 0.4) is 0 Å². The van der Waals surface area contributed by atoms with Gasteiger partial charge in [0.05, 0.1) is 0 Å². The largest absolute Gasteiger partial charge is 0.340 e. The van der Waals surface area contributed by atoms with E-state index in [0.717, 1.165) is 39.0 Å². The van der Waals surface area contributed by atoms with E-state index in [1.165, 1.54) is 77.0 Å². The van der Waals surface area contributed by atoms with Crippen LogP contribution >= 0.6 is 0 Å². The predicted molar refractivity (Wildman–Crippen MR) is 109 cm³/mol. The van der Waals surface area contributed by atoms with Crippen molar-refractivity contribution in [1.82, 2.24) is 10.2 Å². The molecule has 0 unspecified atom stereocenters. The molecule has 0 saturated carbocycles. The SMILES string of the molecule is CCCCCCCC/C=C/CCCCCCCC(=O)N1CCNCC1. The summed E-state index contributed by atoms with van der Waals surface area (Å²) in [6.07, 6.45) is 22.5. The maximum absolute atomic E-state index is 12.0. The molecule has 0 radical (unpaired) electrons. The molecule has 0 aromatic heterocycles. The molecule has 0 aromatic rings. The molecule has 3 nitrogen and oxygen atoms in total. The molecule has 146 valence electrons. The normalized spacial score (nSPS) is 15.2. The number of carbonyl (C=O) groups is 1. The first-order valence-corrected chi connectivity index (χ1v) is 11.0. The number of carbonyl (C=O) groups excluding carboxylic acids is 1. The van der Waals surface area contributed by atoms with Gasteiger partial charge in [0.1, 0.15) is 0 Å². The van der Waals surface area contributed by atoms with Crippen molar-refractivity contribution in [2.45, 2.75) is 96.8 Å². The zero-order valence-electron chi connectivity index (χ0n) is 16.7. The molecule has 0 atom stereocenters. The van der Waals surface area contributed by atoms with Crippen molar-refractivity contribution in [2.75, 3.05) is 26.2 Å². The molecule has 1 amide bonds. The van der Waals surface area contributed by atoms with Crippen LogP contribution in [0.25, 0.3) is 0 Å². The van der Waals surface area contributed by atoms with Gasteiger partial charge in [-0.25, -0.2) is 0 Å². The van der Waals surface area contributed by atoms with Gasteiger partial charge in [-0.15, -0.1) is 0 Å². The van der Waals surface area contributed by atoms with Crippen molar-refractivity contribution in [2.24, 2.45) is 0 Å². The Hall–Kier alpha value is -0.830. The quantitative estimate of drug-likeness (QED) is 0.314. The minimum Gasteiger partial charge on any atom is -0.340 e. The molecular formula is C22H42N2O. The predicted octanol–water partition coefficient (Wildman–Crippen LogP) is 5.46. The summed E-state index contributed by atoms with van der Waals surface area (Å²) in [4.78, 5) is 14.0. The van der Waals surface area contributed by atoms with Gasteiger partial charge < -0.3 is 10.2 Å². The lowest BCUT2D eigenvalue weighted by molar-refractivity contribution is -0.131. The minimum atomic E-state index is 0.360. The molecular weight excluding hydrogens is 308 g/mol. The van der Waals surface area contributed by atoms with Crippen molar-refractivity contribution in [3.63, 3.8) is 0 Å². The molecule has 3 heteroatoms. The maximum Gasteiger partial charge on any atom is 0.222 e. The summed E-state index contributed by atoms with van der Waals surface area (Å²) in [7, 11) is 0. The summed E-state index contributed by atoms with van der Waals surface area (Å²) in [6, 6.07) is 0. The third-order valence-corrected chi connectivity index (χ3v) is 5.12. The van der Waals surface area contributed by atoms with Crippen LogP contribution in [0.1, 0.15) is 96.8 Å². The molecule has 1 fully saturated rings. The maximum atomic E-state index is 12.0. The van der Waals surface area contributed by atoms with Gasteiger partial charge in [-0.2, -0.15) is 0 Å². The molecule has 1 rings (SSSR count). The molecule has 1 heterocycles. The lowest BCUT2D eigenvalue weighted by atomic mass is 10.1. The van der Waals surface area contributed by atoms with Crippen LogP contribution in [-0.4, -0.2) is 37.0 Å². The highest BCUT2D eigenvalue weighted by Gasteiger charge is 2.14. The molecule has 1 saturated heterocycles. The third-order valence-electron chi connectivity index (χ3n) is 5.12. The van der Waals surface area contributed by atoms with Gasteiger partial charge in [0.15, 0.2) is 0 Å². The molecule has 1 N–H and O–H groups in total. The lowest BCUT2D eigenvalue weighted by Gasteiger charge is -2.27. The number of unbranched alkanes of at least 4 members (excludes halogenated alkanes) is 11. The van der Waals surface area contributed by atoms with E-state index in [2.05, 4.69) is 24.4 Å². The van der Waals surface area contributed by atoms with Gasteiger partial charge >= 0.3 is 0 Å². The van der Waals surface area contributed by atoms with Gasteiger partial charge in [-0.3, -0.25) is 4.79 Å². The molecule has 1 aliphatic heterocycles. The zero-order valence-corrected chi connectivity index (χ0v) is 16.7. The Morgan fingerprint density at radius 2 is 1.32 bits per heavy atom. The smallest absolute Gasteiger partial charge is 0.222 e. The average Bonchev–Trinajstić information content (AvgIpc) is 2.65. The van der Waals surface area contributed by atoms with E-state index in [0.29, 0.717) is 5.91 Å². The number of hydrogen-bond donors (Lipinski definition) is 1. The number of allylic oxidation sites excluding steroid dienone is 2. The molecule has 1 aliphatic rings. The highest BCUT2D eigenvalue weighted by atomic mass is 16.2. The average molecular weight is 351 g/mol. The first-order chi connectivity index (χ1) is 12.3. The second kappa shape index (κ2) is 16.6. The summed E-state index contributed by atoms with van der Waals surface area (Å²) >= 11 is 0. The first-order valence-electron chi connectivity index (χ1n) is 11.0. The molecule has 0 aliphatic carbocycles. The van der Waals surface area contributed by atoms with Crippen LogP contribution in [0.2, 0.25) is 0 Å². The van der Waals surface area contributed by atoms with Crippen molar-refractivity contribution in [3.8, 4) is 0 Å². The highest BCUT2D eigenvalue weighted by Crippen LogP contribution is 2.10. The number of amides is 1. The van der Waals surface area contributed by atoms with Gasteiger partial charge in [-0.05, 0) is 32.1 Å². The summed E-state index contributed by atoms with van der Waals surface area (Å²) < 4.78 is 0. The van der Waals surface area contributed by atoms with E-state index in [1.54, 1.807) is 0 Å². The number of nitrogens with zero attached hydrogens (tertiary/aromatic N) is 1. The Labute approximate surface area is 156 Å². The fourth-order valence-corrected chi connectivity index (χ4v) is 3.42. The lowest BCUT2D eigenvalue weighted by Crippen LogP contribution is -2.46. The molecule has 25 heavy (non-hydrogen) atoms. The van der Waals surface area contributed by atoms with E-state index < -0.39 is 0 Å². The van der Waals surface area contributed by atoms with Crippen molar-refractivity contribution in [1.29, 1.82) is 0 Å². The van der Waals surface area contributed by atoms with E-state index in [-0.39, 0.29) is 0 Å². The monoisotopic (exact) mass is 350 g/mol. The zero-order chi connectivity index (χ0) is 18.0. The van der Waals surface area contributed by atoms with E-state index in [4.69, 9.17) is 0 Å². The Bertz CT molecular complexity index is 335. The first kappa shape index (κ1) is 22.2. The van der Waals surface area contributed by atoms with Gasteiger partial charge in [0.25, 0.3) is 0 Å². The number of hydrogen-bond acceptors (Lipinski definition) is 2. The van der Waals surface area contributed by atoms with Gasteiger partial charge in [0, 0.05) is 32.6 Å². The van der Waals surface area contributed by atoms with E-state index in [1.807, 2.05) is 4.90 Å². The van der Waals surface area contributed by atoms with E-state index >= 15 is 0 Å². The standard InChI is InChI=1S/C22H42N2O/c1-2-3-4-5-6-7-8-9-10-11-12-13-14-15-16-17-22(25)24-20-18-23-19-21-24/h9-10,23H,2-8,11-21H2,1H3/b10-9+. The summed E-state index contributed by atoms with van der Waals surface area (Å²) in [6.45, 7) is 5.97. The molecule has 0 bridgehead atoms. The van der Waals surface area contributed by atoms with Crippen LogP contribution in [0.15, 0.2) is 12.2 Å². The van der Waals surface area contributed by atoms with Gasteiger partial charge in [-0.1, -0.05) is 70.4 Å². The Morgan fingerprint density at radius 3 is 1.92 bits per heavy atom. The summed E-state index contributed by atoms with van der Waals surface area (Å²) in [5, 5.41) is 3.29. The number of nitrogens with one attached hydrogen (secondary N) is 1. The second-order valence-electron chi connectivity index (χ2n) is 7.47. The molecule has 0 spiro atoms. The fourth-order valence-electron chi connectivity index (χ4n) is 3.42. The second-order valence-corrected chi connectivity index (χ2v) is 7.47. The van der Waals surface area contributed by atoms with Crippen LogP contribution < -0.4 is 5.32 Å². The Morgan fingerprint density at radius 1 is 0.800 bits per heavy atom. The molecule has 0 aromatic carbocycles. The number of rotatable bonds is 15. The Balaban J connectivity index is 1.79. The fraction of sp³-hybridized carbons (Fsp3) is 0.864. The highest BCUT2D eigenvalue weighted by molar-refractivity contribution is 5.76. The van der Waals surface area contributed by atoms with Crippen LogP contribution in [-0.2, 0) is 4.79 Å². The minimum absolute atomic E-state index is 0.360. The summed E-state index contributed by atoms with van der Waals surface area (Å²) in [5.41, 5.74) is 0. The Kier molecular flexibility index (Phi) is 14.8. The van der Waals surface area contributed by atoms with E-state index in [9.17, 15) is 4.79 Å². The van der Waals surface area contributed by atoms with Crippen molar-refractivity contribution in [3.05, 3.63) is 12.2 Å². The van der Waals surface area contributed by atoms with Crippen molar-refractivity contribution >= 4 is 5.91 Å². The third kappa shape index (κ3) is 13.1. The van der Waals surface area contributed by atoms with Crippen LogP contribution in [0, 0.1) is 0 Å². The van der Waals surface area contributed by atoms with Gasteiger partial charge in [0.2, 0.25) is 5.91 Å². The van der Waals surface area contributed by atoms with Crippen molar-refractivity contribution < 1.29 is 4.79 Å².